The number of aromatic amines is 1. The summed E-state index contributed by atoms with van der Waals surface area (Å²) in [4.78, 5) is 8.39. The lowest BCUT2D eigenvalue weighted by Crippen LogP contribution is -2.16. The molecule has 2 aromatic rings. The third-order valence-electron chi connectivity index (χ3n) is 2.18. The first-order valence-electron chi connectivity index (χ1n) is 5.05. The van der Waals surface area contributed by atoms with Gasteiger partial charge in [-0.15, -0.1) is 11.3 Å². The Kier molecular flexibility index (Phi) is 3.70. The van der Waals surface area contributed by atoms with Crippen LogP contribution in [-0.4, -0.2) is 16.5 Å². The van der Waals surface area contributed by atoms with Crippen molar-refractivity contribution in [2.75, 3.05) is 6.54 Å². The Balaban J connectivity index is 1.70. The van der Waals surface area contributed by atoms with E-state index in [4.69, 9.17) is 5.26 Å². The molecule has 5 heteroatoms. The number of imidazole rings is 1. The SMILES string of the molecule is N#Cc1csc(CNCCc2ncc[nH]2)c1. The van der Waals surface area contributed by atoms with Gasteiger partial charge in [0, 0.05) is 42.2 Å². The summed E-state index contributed by atoms with van der Waals surface area (Å²) in [6.45, 7) is 1.69. The molecule has 0 radical (unpaired) electrons. The topological polar surface area (TPSA) is 64.5 Å². The maximum Gasteiger partial charge on any atom is 0.107 e. The van der Waals surface area contributed by atoms with Gasteiger partial charge in [-0.05, 0) is 6.07 Å². The van der Waals surface area contributed by atoms with E-state index in [1.807, 2.05) is 17.6 Å². The quantitative estimate of drug-likeness (QED) is 0.771. The maximum absolute atomic E-state index is 8.67. The highest BCUT2D eigenvalue weighted by Gasteiger charge is 1.99. The molecule has 0 aliphatic rings. The van der Waals surface area contributed by atoms with Crippen molar-refractivity contribution >= 4 is 11.3 Å². The minimum absolute atomic E-state index is 0.743. The first-order valence-corrected chi connectivity index (χ1v) is 5.93. The van der Waals surface area contributed by atoms with E-state index in [1.54, 1.807) is 17.5 Å². The predicted octanol–water partition coefficient (Wildman–Crippen LogP) is 1.68. The van der Waals surface area contributed by atoms with Crippen molar-refractivity contribution in [3.8, 4) is 6.07 Å². The summed E-state index contributed by atoms with van der Waals surface area (Å²) >= 11 is 1.61. The minimum Gasteiger partial charge on any atom is -0.349 e. The molecule has 82 valence electrons. The van der Waals surface area contributed by atoms with Crippen LogP contribution < -0.4 is 5.32 Å². The molecule has 2 rings (SSSR count). The largest absolute Gasteiger partial charge is 0.349 e. The molecule has 0 aromatic carbocycles. The van der Waals surface area contributed by atoms with Gasteiger partial charge in [-0.1, -0.05) is 0 Å². The molecule has 0 amide bonds. The highest BCUT2D eigenvalue weighted by atomic mass is 32.1. The number of nitriles is 1. The molecule has 0 fully saturated rings. The molecule has 2 N–H and O–H groups in total. The second kappa shape index (κ2) is 5.45. The van der Waals surface area contributed by atoms with Crippen LogP contribution in [0.1, 0.15) is 16.3 Å². The van der Waals surface area contributed by atoms with Gasteiger partial charge in [0.1, 0.15) is 11.9 Å². The Morgan fingerprint density at radius 3 is 3.19 bits per heavy atom. The van der Waals surface area contributed by atoms with Crippen molar-refractivity contribution < 1.29 is 0 Å². The Morgan fingerprint density at radius 1 is 1.56 bits per heavy atom. The molecule has 0 bridgehead atoms. The van der Waals surface area contributed by atoms with Gasteiger partial charge in [-0.25, -0.2) is 4.98 Å². The summed E-state index contributed by atoms with van der Waals surface area (Å²) in [5.74, 6) is 0.997. The molecule has 0 aliphatic carbocycles. The second-order valence-corrected chi connectivity index (χ2v) is 4.37. The van der Waals surface area contributed by atoms with E-state index in [1.165, 1.54) is 4.88 Å². The van der Waals surface area contributed by atoms with E-state index < -0.39 is 0 Å². The summed E-state index contributed by atoms with van der Waals surface area (Å²) < 4.78 is 0. The Hall–Kier alpha value is -1.64. The maximum atomic E-state index is 8.67. The molecule has 0 unspecified atom stereocenters. The smallest absolute Gasteiger partial charge is 0.107 e. The van der Waals surface area contributed by atoms with Gasteiger partial charge in [0.25, 0.3) is 0 Å². The van der Waals surface area contributed by atoms with Gasteiger partial charge in [0.15, 0.2) is 0 Å². The highest BCUT2D eigenvalue weighted by molar-refractivity contribution is 7.10. The number of aromatic nitrogens is 2. The molecule has 0 saturated heterocycles. The fourth-order valence-corrected chi connectivity index (χ4v) is 2.16. The molecule has 0 aliphatic heterocycles. The molecule has 2 heterocycles. The van der Waals surface area contributed by atoms with Gasteiger partial charge < -0.3 is 10.3 Å². The van der Waals surface area contributed by atoms with E-state index >= 15 is 0 Å². The minimum atomic E-state index is 0.743. The second-order valence-electron chi connectivity index (χ2n) is 3.38. The lowest BCUT2D eigenvalue weighted by molar-refractivity contribution is 0.680. The Bertz CT molecular complexity index is 466. The zero-order valence-corrected chi connectivity index (χ0v) is 9.55. The number of thiophene rings is 1. The zero-order chi connectivity index (χ0) is 11.2. The standard InChI is InChI=1S/C11H12N4S/c12-6-9-5-10(16-8-9)7-13-2-1-11-14-3-4-15-11/h3-5,8,13H,1-2,7H2,(H,14,15). The van der Waals surface area contributed by atoms with Crippen LogP contribution >= 0.6 is 11.3 Å². The Labute approximate surface area is 98.0 Å². The average Bonchev–Trinajstić information content (AvgIpc) is 2.95. The molecule has 16 heavy (non-hydrogen) atoms. The molecule has 0 saturated carbocycles. The number of hydrogen-bond acceptors (Lipinski definition) is 4. The number of rotatable bonds is 5. The third kappa shape index (κ3) is 2.92. The van der Waals surface area contributed by atoms with Gasteiger partial charge in [-0.3, -0.25) is 0 Å². The summed E-state index contributed by atoms with van der Waals surface area (Å²) in [6.07, 6.45) is 4.48. The van der Waals surface area contributed by atoms with Crippen molar-refractivity contribution in [2.45, 2.75) is 13.0 Å². The predicted molar refractivity (Wildman–Crippen MR) is 63.0 cm³/mol. The lowest BCUT2D eigenvalue weighted by atomic mass is 10.3. The molecule has 0 atom stereocenters. The summed E-state index contributed by atoms with van der Waals surface area (Å²) in [6, 6.07) is 4.05. The van der Waals surface area contributed by atoms with Crippen LogP contribution in [0.4, 0.5) is 0 Å². The average molecular weight is 232 g/mol. The van der Waals surface area contributed by atoms with Gasteiger partial charge in [0.2, 0.25) is 0 Å². The van der Waals surface area contributed by atoms with Crippen LogP contribution in [0.15, 0.2) is 23.8 Å². The monoisotopic (exact) mass is 232 g/mol. The highest BCUT2D eigenvalue weighted by Crippen LogP contribution is 2.13. The van der Waals surface area contributed by atoms with Crippen LogP contribution in [0.2, 0.25) is 0 Å². The van der Waals surface area contributed by atoms with Crippen LogP contribution in [0, 0.1) is 11.3 Å². The zero-order valence-electron chi connectivity index (χ0n) is 8.73. The van der Waals surface area contributed by atoms with Crippen LogP contribution in [-0.2, 0) is 13.0 Å². The normalized spacial score (nSPS) is 10.2. The molecule has 0 spiro atoms. The van der Waals surface area contributed by atoms with Crippen molar-refractivity contribution in [1.82, 2.24) is 15.3 Å². The van der Waals surface area contributed by atoms with E-state index in [-0.39, 0.29) is 0 Å². The number of hydrogen-bond donors (Lipinski definition) is 2. The van der Waals surface area contributed by atoms with Crippen molar-refractivity contribution in [3.63, 3.8) is 0 Å². The third-order valence-corrected chi connectivity index (χ3v) is 3.11. The van der Waals surface area contributed by atoms with E-state index in [0.717, 1.165) is 30.9 Å². The molecular formula is C11H12N4S. The van der Waals surface area contributed by atoms with Crippen LogP contribution in [0.5, 0.6) is 0 Å². The number of H-pyrrole nitrogens is 1. The Morgan fingerprint density at radius 2 is 2.50 bits per heavy atom. The lowest BCUT2D eigenvalue weighted by Gasteiger charge is -2.00. The van der Waals surface area contributed by atoms with Crippen molar-refractivity contribution in [3.05, 3.63) is 40.1 Å². The van der Waals surface area contributed by atoms with Crippen LogP contribution in [0.25, 0.3) is 0 Å². The molecular weight excluding hydrogens is 220 g/mol. The first-order chi connectivity index (χ1) is 7.88. The fourth-order valence-electron chi connectivity index (χ4n) is 1.39. The van der Waals surface area contributed by atoms with Gasteiger partial charge in [0.05, 0.1) is 5.56 Å². The molecule has 4 nitrogen and oxygen atoms in total. The van der Waals surface area contributed by atoms with Crippen molar-refractivity contribution in [1.29, 1.82) is 5.26 Å². The van der Waals surface area contributed by atoms with Gasteiger partial charge >= 0.3 is 0 Å². The number of nitrogens with zero attached hydrogens (tertiary/aromatic N) is 2. The van der Waals surface area contributed by atoms with Crippen LogP contribution in [0.3, 0.4) is 0 Å². The van der Waals surface area contributed by atoms with Crippen molar-refractivity contribution in [2.24, 2.45) is 0 Å². The van der Waals surface area contributed by atoms with E-state index in [0.29, 0.717) is 0 Å². The van der Waals surface area contributed by atoms with Gasteiger partial charge in [-0.2, -0.15) is 5.26 Å². The van der Waals surface area contributed by atoms with E-state index in [2.05, 4.69) is 21.4 Å². The fraction of sp³-hybridized carbons (Fsp3) is 0.273. The summed E-state index contributed by atoms with van der Waals surface area (Å²) in [7, 11) is 0. The summed E-state index contributed by atoms with van der Waals surface area (Å²) in [5, 5.41) is 13.9. The van der Waals surface area contributed by atoms with E-state index in [9.17, 15) is 0 Å². The first kappa shape index (κ1) is 10.9. The number of nitrogens with one attached hydrogen (secondary N) is 2. The summed E-state index contributed by atoms with van der Waals surface area (Å²) in [5.41, 5.74) is 0.743. The molecule has 2 aromatic heterocycles.